The number of halogens is 1. The molecule has 2 saturated heterocycles. The number of carboxylic acid groups (broad SMARTS) is 3. The number of benzene rings is 2. The van der Waals surface area contributed by atoms with Gasteiger partial charge in [-0.25, -0.2) is 24.5 Å². The summed E-state index contributed by atoms with van der Waals surface area (Å²) in [7, 11) is 1.33. The van der Waals surface area contributed by atoms with Crippen molar-refractivity contribution in [2.45, 2.75) is 267 Å². The number of aliphatic hydroxyl groups is 1. The highest BCUT2D eigenvalue weighted by molar-refractivity contribution is 7.98. The summed E-state index contributed by atoms with van der Waals surface area (Å²) in [6, 6.07) is -7.20. The van der Waals surface area contributed by atoms with E-state index < -0.39 is 223 Å². The van der Waals surface area contributed by atoms with Gasteiger partial charge in [-0.1, -0.05) is 83.5 Å². The van der Waals surface area contributed by atoms with Gasteiger partial charge in [-0.2, -0.15) is 21.7 Å². The second-order valence-corrected chi connectivity index (χ2v) is 38.1. The fraction of sp³-hybridized carbons (Fsp3) is 0.574. The number of aliphatic hydroxyl groups excluding tert-OH is 1. The first kappa shape index (κ1) is 120. The van der Waals surface area contributed by atoms with Crippen molar-refractivity contribution in [3.05, 3.63) is 101 Å². The molecule has 2 aliphatic heterocycles. The highest BCUT2D eigenvalue weighted by Gasteiger charge is 2.45. The van der Waals surface area contributed by atoms with Gasteiger partial charge < -0.3 is 143 Å². The quantitative estimate of drug-likeness (QED) is 0.00475. The van der Waals surface area contributed by atoms with Gasteiger partial charge in [-0.3, -0.25) is 82.1 Å². The number of likely N-dealkylation sites (tertiary alicyclic amines) is 2. The molecular weight excluding hydrogens is 1960 g/mol. The molecule has 0 spiro atoms. The van der Waals surface area contributed by atoms with Gasteiger partial charge in [0, 0.05) is 87.7 Å². The third kappa shape index (κ3) is 39.0. The Labute approximate surface area is 858 Å². The molecule has 3 aromatic heterocycles. The van der Waals surface area contributed by atoms with Crippen molar-refractivity contribution in [1.29, 1.82) is 5.41 Å². The number of ether oxygens (including phenoxy) is 1. The van der Waals surface area contributed by atoms with Gasteiger partial charge in [0.15, 0.2) is 16.8 Å². The Kier molecular flexibility index (Phi) is 49.5. The van der Waals surface area contributed by atoms with E-state index >= 15 is 14.4 Å². The normalized spacial score (nSPS) is 16.0. The monoisotopic (exact) mass is 2090 g/mol. The average Bonchev–Trinajstić information content (AvgIpc) is 1.32. The molecule has 5 aromatic rings. The first-order chi connectivity index (χ1) is 70.0. The smallest absolute Gasteiger partial charge is 0.336 e. The van der Waals surface area contributed by atoms with E-state index in [1.54, 1.807) is 88.5 Å². The number of H-pyrrole nitrogens is 1. The number of hydrogen-bond donors (Lipinski definition) is 25. The molecule has 2 fully saturated rings. The molecule has 15 atom stereocenters. The van der Waals surface area contributed by atoms with E-state index in [9.17, 15) is 92.3 Å². The Balaban J connectivity index is 1.00. The van der Waals surface area contributed by atoms with Gasteiger partial charge in [-0.05, 0) is 163 Å². The number of imidazole rings is 1. The van der Waals surface area contributed by atoms with Crippen molar-refractivity contribution in [3.63, 3.8) is 0 Å². The molecule has 7 rings (SSSR count). The summed E-state index contributed by atoms with van der Waals surface area (Å²) in [6.45, 7) is 9.26. The number of nitrogens with zero attached hydrogens (tertiary/aromatic N) is 7. The molecule has 147 heavy (non-hydrogen) atoms. The maximum Gasteiger partial charge on any atom is 0.336 e. The summed E-state index contributed by atoms with van der Waals surface area (Å²) in [5.74, 6) is -20.7. The Morgan fingerprint density at radius 2 is 1.08 bits per heavy atom. The summed E-state index contributed by atoms with van der Waals surface area (Å²) < 4.78 is 5.51. The van der Waals surface area contributed by atoms with Gasteiger partial charge in [0.25, 0.3) is 11.8 Å². The van der Waals surface area contributed by atoms with Crippen molar-refractivity contribution in [2.75, 3.05) is 69.5 Å². The van der Waals surface area contributed by atoms with Gasteiger partial charge in [-0.15, -0.1) is 0 Å². The number of unbranched alkanes of at least 4 members (excludes halogenated alkanes) is 2. The topological polar surface area (TPSA) is 793 Å². The number of carbonyl (C=O) groups is 18. The van der Waals surface area contributed by atoms with E-state index in [2.05, 4.69) is 110 Å². The van der Waals surface area contributed by atoms with Crippen LogP contribution in [0.1, 0.15) is 184 Å². The molecule has 0 radical (unpaired) electrons. The Bertz CT molecular complexity index is 5330. The number of amides is 15. The fourth-order valence-corrected chi connectivity index (χ4v) is 17.1. The van der Waals surface area contributed by atoms with Crippen LogP contribution in [0.25, 0.3) is 11.2 Å². The number of hydrogen-bond acceptors (Lipinski definition) is 31. The Morgan fingerprint density at radius 3 is 1.63 bits per heavy atom. The zero-order chi connectivity index (χ0) is 108. The first-order valence-electron chi connectivity index (χ1n) is 48.6. The van der Waals surface area contributed by atoms with E-state index in [1.165, 1.54) is 51.4 Å². The summed E-state index contributed by atoms with van der Waals surface area (Å²) in [5, 5.41) is 87.5. The lowest BCUT2D eigenvalue weighted by atomic mass is 9.99. The van der Waals surface area contributed by atoms with Crippen molar-refractivity contribution in [2.24, 2.45) is 35.0 Å². The molecule has 29 N–H and O–H groups in total. The van der Waals surface area contributed by atoms with Gasteiger partial charge in [0.2, 0.25) is 88.8 Å². The third-order valence-electron chi connectivity index (χ3n) is 24.0. The molecular formula is C94H139ClN28O23S. The molecule has 5 heterocycles. The van der Waals surface area contributed by atoms with Crippen molar-refractivity contribution in [3.8, 4) is 0 Å². The van der Waals surface area contributed by atoms with Crippen LogP contribution in [-0.4, -0.2) is 322 Å². The maximum atomic E-state index is 15.2. The number of nitrogens with one attached hydrogen (secondary N) is 17. The predicted octanol–water partition coefficient (Wildman–Crippen LogP) is -2.58. The lowest BCUT2D eigenvalue weighted by molar-refractivity contribution is -0.149. The van der Waals surface area contributed by atoms with Gasteiger partial charge >= 0.3 is 17.9 Å². The van der Waals surface area contributed by atoms with E-state index in [1.807, 2.05) is 0 Å². The minimum Gasteiger partial charge on any atom is -0.481 e. The number of thioether (sulfide) groups is 1. The minimum absolute atomic E-state index is 0.000452. The number of carboxylic acids is 3. The second kappa shape index (κ2) is 60.7. The largest absolute Gasteiger partial charge is 0.481 e. The Hall–Kier alpha value is -14.1. The van der Waals surface area contributed by atoms with Gasteiger partial charge in [0.05, 0.1) is 31.4 Å². The molecule has 0 aliphatic carbocycles. The summed E-state index contributed by atoms with van der Waals surface area (Å²) in [5.41, 5.74) is 25.3. The number of aliphatic carboxylic acids is 3. The van der Waals surface area contributed by atoms with Crippen LogP contribution in [-0.2, 0) is 106 Å². The van der Waals surface area contributed by atoms with Crippen LogP contribution < -0.4 is 103 Å². The number of aromatic amines is 1. The highest BCUT2D eigenvalue weighted by Crippen LogP contribution is 2.26. The highest BCUT2D eigenvalue weighted by atomic mass is 35.5. The second-order valence-electron chi connectivity index (χ2n) is 36.8. The maximum absolute atomic E-state index is 15.2. The van der Waals surface area contributed by atoms with Crippen LogP contribution in [0.15, 0.2) is 73.3 Å². The van der Waals surface area contributed by atoms with E-state index in [0.29, 0.717) is 41.9 Å². The SMILES string of the molecule is CO[C@H](CCC(=O)N[C@@H](CSC)C(=O)N[C@@H](CCCCN)C(=O)N[C@@H](CCC(=O)O)C(=O)NC(Cc1ccccc1)C(=O)N[C@@H](CC(C)C)C(=O)N[C@@H](Cc1cnc[nH]1)C(=O)N1CCC[C@H]1C(=O)N[C@@H](CO)C(=O)N[C@@H](CCCCN)C(=O)N[C@H](C(=O)N[C@@H](C(=O)O)C(=O)N[C@@H](CC(C)C)C(=O)N1CCC[C@H]1C(=O)N[C@@H](CCCNC(=N)N)C(=O)O)C(C)C)NC(=O)c1ccc(NCc2cnc3nc(N)nc(Cl)c3n2)cc1. The molecule has 15 amide bonds. The van der Waals surface area contributed by atoms with Crippen molar-refractivity contribution >= 4 is 159 Å². The molecule has 53 heteroatoms. The lowest BCUT2D eigenvalue weighted by Gasteiger charge is -2.31. The number of nitrogen functional groups attached to an aromatic ring is 1. The average molecular weight is 2100 g/mol. The number of rotatable bonds is 63. The zero-order valence-corrected chi connectivity index (χ0v) is 85.0. The number of anilines is 2. The van der Waals surface area contributed by atoms with E-state index in [-0.39, 0.29) is 187 Å². The summed E-state index contributed by atoms with van der Waals surface area (Å²) >= 11 is 7.39. The van der Waals surface area contributed by atoms with Crippen LogP contribution in [0.3, 0.4) is 0 Å². The standard InChI is InChI=1S/C94H139ClN28O23S/c1-49(2)39-61(112-82(133)62(41-52-19-10-9-11-20-52)113-79(130)59(30-33-71(126)127)110-78(129)57(21-12-14-34-96)109-84(135)66(47-147-8)107-69(125)31-32-70(146-7)117-77(128)53-26-28-54(29-27-53)103-44-56-45-104-76-73(106-56)75(95)120-94(100)121-76)81(132)114-64(42-55-43-101-48-105-55)90(141)123-38-18-25-68(123)86(137)116-65(46-124)83(134)108-58(22-13-15-35-97)80(131)118-72(51(5)6)87(138)119-74(92(144)145)88(139)115-63(40-50(3)4)89(140)122-37-17-24-67(122)85(136)111-60(91(142)143)23-16-36-102-93(98)99/h9-11,19-20,26-29,43,45,48-51,57-68,70,72,74,103,124H,12-18,21-25,30-42,44,46-47,96-97H2,1-8H3,(H,101,105)(H,107,125)(H,108,134)(H,109,135)(H,110,129)(H,111,136)(H,112,133)(H,113,130)(H,114,132)(H,115,139)(H,116,137)(H,117,128)(H,118,131)(H,119,138)(H,126,127)(H,142,143)(H,144,145)(H4,98,99,102)(H2,100,104,120,121)/t57-,58-,59-,60-,61-,62?,63-,64-,65-,66-,67-,68-,70+,72-,74+/m0/s1. The molecule has 0 saturated carbocycles. The number of fused-ring (bicyclic) bond motifs is 1. The van der Waals surface area contributed by atoms with Crippen LogP contribution in [0.2, 0.25) is 5.15 Å². The van der Waals surface area contributed by atoms with Crippen LogP contribution in [0, 0.1) is 23.2 Å². The molecule has 806 valence electrons. The predicted molar refractivity (Wildman–Crippen MR) is 537 cm³/mol. The summed E-state index contributed by atoms with van der Waals surface area (Å²) in [4.78, 5) is 279. The number of aromatic nitrogens is 6. The molecule has 0 bridgehead atoms. The number of nitrogens with two attached hydrogens (primary N) is 4. The number of carbonyl (C=O) groups excluding carboxylic acids is 15. The van der Waals surface area contributed by atoms with E-state index in [0.717, 1.165) is 9.80 Å². The third-order valence-corrected chi connectivity index (χ3v) is 24.9. The first-order valence-corrected chi connectivity index (χ1v) is 50.4. The Morgan fingerprint density at radius 1 is 0.551 bits per heavy atom. The van der Waals surface area contributed by atoms with Crippen molar-refractivity contribution in [1.82, 2.24) is 114 Å². The fourth-order valence-electron chi connectivity index (χ4n) is 16.3. The van der Waals surface area contributed by atoms with Crippen molar-refractivity contribution < 1.29 is 111 Å². The molecule has 2 aliphatic rings. The lowest BCUT2D eigenvalue weighted by Crippen LogP contribution is -2.62. The van der Waals surface area contributed by atoms with Crippen LogP contribution in [0.4, 0.5) is 11.6 Å². The van der Waals surface area contributed by atoms with E-state index in [4.69, 9.17) is 44.7 Å². The van der Waals surface area contributed by atoms with Gasteiger partial charge in [0.1, 0.15) is 90.3 Å². The zero-order valence-electron chi connectivity index (χ0n) is 83.4. The molecule has 51 nitrogen and oxygen atoms in total. The van der Waals surface area contributed by atoms with Crippen LogP contribution >= 0.6 is 23.4 Å². The number of methoxy groups -OCH3 is 1. The minimum atomic E-state index is -2.40. The molecule has 2 aromatic carbocycles. The molecule has 1 unspecified atom stereocenters. The number of guanidine groups is 1. The summed E-state index contributed by atoms with van der Waals surface area (Å²) in [6.07, 6.45) is 4.07. The van der Waals surface area contributed by atoms with Crippen LogP contribution in [0.5, 0.6) is 0 Å².